The summed E-state index contributed by atoms with van der Waals surface area (Å²) in [7, 11) is 0. The number of Topliss-reactive ketones (excluding diaryl/α,β-unsaturated/α-hetero) is 1. The van der Waals surface area contributed by atoms with Crippen LogP contribution in [0.2, 0.25) is 0 Å². The summed E-state index contributed by atoms with van der Waals surface area (Å²) >= 11 is 0. The average Bonchev–Trinajstić information content (AvgIpc) is 3.02. The molecular weight excluding hydrogens is 316 g/mol. The fraction of sp³-hybridized carbons (Fsp3) is 0.640. The molecule has 1 saturated carbocycles. The lowest BCUT2D eigenvalue weighted by Crippen LogP contribution is -2.12. The summed E-state index contributed by atoms with van der Waals surface area (Å²) in [4.78, 5) is 12.5. The number of hydrogen-bond acceptors (Lipinski definition) is 1. The van der Waals surface area contributed by atoms with Gasteiger partial charge >= 0.3 is 0 Å². The van der Waals surface area contributed by atoms with Crippen LogP contribution in [0.15, 0.2) is 36.4 Å². The molecule has 1 nitrogen and oxygen atoms in total. The number of allylic oxidation sites excluding steroid dienone is 2. The third-order valence-corrected chi connectivity index (χ3v) is 6.01. The average molecular weight is 355 g/mol. The van der Waals surface area contributed by atoms with Crippen LogP contribution in [0, 0.1) is 5.92 Å². The van der Waals surface area contributed by atoms with Gasteiger partial charge in [-0.2, -0.15) is 0 Å². The molecule has 0 radical (unpaired) electrons. The van der Waals surface area contributed by atoms with Crippen molar-refractivity contribution in [2.24, 2.45) is 5.92 Å². The van der Waals surface area contributed by atoms with Crippen LogP contribution in [0.25, 0.3) is 0 Å². The van der Waals surface area contributed by atoms with E-state index in [1.807, 2.05) is 0 Å². The van der Waals surface area contributed by atoms with Crippen molar-refractivity contribution in [2.75, 3.05) is 0 Å². The first-order valence-corrected chi connectivity index (χ1v) is 10.9. The standard InChI is InChI=1S/C25H38O/c1-4-6-8-9-11-13-22-18-19-24(26)25(22)23-16-14-21(15-17-23)20(3)12-10-7-5-2/h9,11,14-17,20,22,25H,4-8,10,12-13,18-19H2,1-3H3/b11-9-/t20?,22-,25-/m0/s1. The molecule has 1 aromatic carbocycles. The third-order valence-electron chi connectivity index (χ3n) is 6.01. The zero-order valence-corrected chi connectivity index (χ0v) is 17.2. The molecule has 1 heteroatoms. The molecular formula is C25H38O. The van der Waals surface area contributed by atoms with E-state index in [0.717, 1.165) is 19.3 Å². The largest absolute Gasteiger partial charge is 0.299 e. The van der Waals surface area contributed by atoms with E-state index in [1.54, 1.807) is 0 Å². The molecule has 1 unspecified atom stereocenters. The van der Waals surface area contributed by atoms with E-state index < -0.39 is 0 Å². The molecule has 1 aromatic rings. The van der Waals surface area contributed by atoms with E-state index in [4.69, 9.17) is 0 Å². The van der Waals surface area contributed by atoms with Crippen LogP contribution in [0.4, 0.5) is 0 Å². The number of carbonyl (C=O) groups excluding carboxylic acids is 1. The van der Waals surface area contributed by atoms with Gasteiger partial charge in [0.25, 0.3) is 0 Å². The Kier molecular flexibility index (Phi) is 9.15. The first kappa shape index (κ1) is 20.9. The highest BCUT2D eigenvalue weighted by atomic mass is 16.1. The van der Waals surface area contributed by atoms with Gasteiger partial charge in [0.05, 0.1) is 0 Å². The van der Waals surface area contributed by atoms with Gasteiger partial charge in [0.1, 0.15) is 5.78 Å². The Labute approximate surface area is 161 Å². The molecule has 0 aliphatic heterocycles. The van der Waals surface area contributed by atoms with Crippen molar-refractivity contribution in [3.05, 3.63) is 47.5 Å². The molecule has 2 rings (SSSR count). The third kappa shape index (κ3) is 6.11. The van der Waals surface area contributed by atoms with Gasteiger partial charge in [-0.15, -0.1) is 0 Å². The maximum absolute atomic E-state index is 12.5. The molecule has 26 heavy (non-hydrogen) atoms. The van der Waals surface area contributed by atoms with Crippen LogP contribution in [0.3, 0.4) is 0 Å². The lowest BCUT2D eigenvalue weighted by atomic mass is 9.84. The van der Waals surface area contributed by atoms with E-state index in [0.29, 0.717) is 17.6 Å². The predicted molar refractivity (Wildman–Crippen MR) is 113 cm³/mol. The fourth-order valence-corrected chi connectivity index (χ4v) is 4.23. The Bertz CT molecular complexity index is 554. The van der Waals surface area contributed by atoms with Crippen molar-refractivity contribution in [3.63, 3.8) is 0 Å². The van der Waals surface area contributed by atoms with Crippen LogP contribution >= 0.6 is 0 Å². The molecule has 0 bridgehead atoms. The quantitative estimate of drug-likeness (QED) is 0.296. The van der Waals surface area contributed by atoms with E-state index in [9.17, 15) is 4.79 Å². The summed E-state index contributed by atoms with van der Waals surface area (Å²) < 4.78 is 0. The van der Waals surface area contributed by atoms with Gasteiger partial charge in [-0.3, -0.25) is 4.79 Å². The molecule has 0 amide bonds. The lowest BCUT2D eigenvalue weighted by Gasteiger charge is -2.19. The zero-order valence-electron chi connectivity index (χ0n) is 17.2. The minimum Gasteiger partial charge on any atom is -0.299 e. The Hall–Kier alpha value is -1.37. The smallest absolute Gasteiger partial charge is 0.140 e. The molecule has 3 atom stereocenters. The fourth-order valence-electron chi connectivity index (χ4n) is 4.23. The number of hydrogen-bond donors (Lipinski definition) is 0. The SMILES string of the molecule is CCCC/C=C\C[C@H]1CCC(=O)[C@@H]1c1ccc(C(C)CCCCC)cc1. The number of rotatable bonds is 11. The van der Waals surface area contributed by atoms with E-state index in [1.165, 1.54) is 56.1 Å². The van der Waals surface area contributed by atoms with Crippen molar-refractivity contribution in [1.82, 2.24) is 0 Å². The molecule has 0 saturated heterocycles. The first-order chi connectivity index (χ1) is 12.7. The van der Waals surface area contributed by atoms with Crippen LogP contribution in [-0.4, -0.2) is 5.78 Å². The van der Waals surface area contributed by atoms with Crippen LogP contribution in [0.1, 0.15) is 108 Å². The van der Waals surface area contributed by atoms with Crippen molar-refractivity contribution < 1.29 is 4.79 Å². The normalized spacial score (nSPS) is 21.6. The highest BCUT2D eigenvalue weighted by molar-refractivity contribution is 5.88. The summed E-state index contributed by atoms with van der Waals surface area (Å²) in [5.74, 6) is 1.68. The van der Waals surface area contributed by atoms with Crippen molar-refractivity contribution in [2.45, 2.75) is 96.8 Å². The van der Waals surface area contributed by atoms with Crippen molar-refractivity contribution in [1.29, 1.82) is 0 Å². The highest BCUT2D eigenvalue weighted by Crippen LogP contribution is 2.39. The van der Waals surface area contributed by atoms with Gasteiger partial charge in [-0.1, -0.05) is 89.3 Å². The number of ketones is 1. The van der Waals surface area contributed by atoms with Crippen LogP contribution in [-0.2, 0) is 4.79 Å². The van der Waals surface area contributed by atoms with Crippen LogP contribution < -0.4 is 0 Å². The molecule has 1 aliphatic carbocycles. The lowest BCUT2D eigenvalue weighted by molar-refractivity contribution is -0.118. The summed E-state index contributed by atoms with van der Waals surface area (Å²) in [6.45, 7) is 6.82. The molecule has 1 aliphatic rings. The first-order valence-electron chi connectivity index (χ1n) is 10.9. The summed E-state index contributed by atoms with van der Waals surface area (Å²) in [5.41, 5.74) is 2.66. The number of benzene rings is 1. The molecule has 1 fully saturated rings. The maximum Gasteiger partial charge on any atom is 0.140 e. The Balaban J connectivity index is 1.96. The predicted octanol–water partition coefficient (Wildman–Crippen LogP) is 7.57. The second-order valence-corrected chi connectivity index (χ2v) is 8.16. The monoisotopic (exact) mass is 354 g/mol. The van der Waals surface area contributed by atoms with E-state index >= 15 is 0 Å². The Morgan fingerprint density at radius 1 is 1.04 bits per heavy atom. The minimum absolute atomic E-state index is 0.121. The minimum atomic E-state index is 0.121. The number of unbranched alkanes of at least 4 members (excludes halogenated alkanes) is 4. The number of carbonyl (C=O) groups is 1. The maximum atomic E-state index is 12.5. The van der Waals surface area contributed by atoms with Crippen molar-refractivity contribution >= 4 is 5.78 Å². The van der Waals surface area contributed by atoms with Gasteiger partial charge in [0.2, 0.25) is 0 Å². The Morgan fingerprint density at radius 3 is 2.46 bits per heavy atom. The molecule has 0 heterocycles. The molecule has 0 aromatic heterocycles. The highest BCUT2D eigenvalue weighted by Gasteiger charge is 2.34. The topological polar surface area (TPSA) is 17.1 Å². The van der Waals surface area contributed by atoms with Gasteiger partial charge in [-0.05, 0) is 48.6 Å². The summed E-state index contributed by atoms with van der Waals surface area (Å²) in [6.07, 6.45) is 16.4. The molecule has 144 valence electrons. The van der Waals surface area contributed by atoms with Crippen molar-refractivity contribution in [3.8, 4) is 0 Å². The van der Waals surface area contributed by atoms with Crippen LogP contribution in [0.5, 0.6) is 0 Å². The molecule has 0 spiro atoms. The Morgan fingerprint density at radius 2 is 1.77 bits per heavy atom. The summed E-state index contributed by atoms with van der Waals surface area (Å²) in [6, 6.07) is 9.00. The second-order valence-electron chi connectivity index (χ2n) is 8.16. The second kappa shape index (κ2) is 11.4. The van der Waals surface area contributed by atoms with E-state index in [2.05, 4.69) is 57.2 Å². The zero-order chi connectivity index (χ0) is 18.8. The summed E-state index contributed by atoms with van der Waals surface area (Å²) in [5, 5.41) is 0. The van der Waals surface area contributed by atoms with Gasteiger partial charge in [-0.25, -0.2) is 0 Å². The van der Waals surface area contributed by atoms with Gasteiger partial charge in [0.15, 0.2) is 0 Å². The van der Waals surface area contributed by atoms with E-state index in [-0.39, 0.29) is 5.92 Å². The van der Waals surface area contributed by atoms with Gasteiger partial charge < -0.3 is 0 Å². The molecule has 0 N–H and O–H groups in total. The van der Waals surface area contributed by atoms with Gasteiger partial charge in [0, 0.05) is 12.3 Å².